The second-order valence-electron chi connectivity index (χ2n) is 5.86. The highest BCUT2D eigenvalue weighted by atomic mass is 79.9. The summed E-state index contributed by atoms with van der Waals surface area (Å²) in [5, 5.41) is 0. The lowest BCUT2D eigenvalue weighted by molar-refractivity contribution is 0.232. The van der Waals surface area contributed by atoms with Crippen molar-refractivity contribution in [2.24, 2.45) is 5.92 Å². The minimum Gasteiger partial charge on any atom is -0.492 e. The van der Waals surface area contributed by atoms with Crippen molar-refractivity contribution < 1.29 is 4.74 Å². The Bertz CT molecular complexity index is 611. The molecule has 0 aliphatic carbocycles. The SMILES string of the molecule is CCCCC(CC)COc1cc(Br)c(-c2ccccc2)cc1Br. The van der Waals surface area contributed by atoms with E-state index in [-0.39, 0.29) is 0 Å². The summed E-state index contributed by atoms with van der Waals surface area (Å²) in [6.45, 7) is 5.27. The molecule has 0 aromatic heterocycles. The van der Waals surface area contributed by atoms with Crippen LogP contribution < -0.4 is 4.74 Å². The van der Waals surface area contributed by atoms with Gasteiger partial charge in [0.1, 0.15) is 5.75 Å². The first-order valence-electron chi connectivity index (χ1n) is 8.33. The maximum atomic E-state index is 6.08. The molecule has 0 saturated carbocycles. The van der Waals surface area contributed by atoms with Gasteiger partial charge in [-0.15, -0.1) is 0 Å². The fraction of sp³-hybridized carbons (Fsp3) is 0.400. The topological polar surface area (TPSA) is 9.23 Å². The molecule has 2 rings (SSSR count). The summed E-state index contributed by atoms with van der Waals surface area (Å²) in [6, 6.07) is 14.6. The summed E-state index contributed by atoms with van der Waals surface area (Å²) in [7, 11) is 0. The van der Waals surface area contributed by atoms with E-state index in [2.05, 4.69) is 82.1 Å². The molecule has 0 radical (unpaired) electrons. The van der Waals surface area contributed by atoms with E-state index < -0.39 is 0 Å². The van der Waals surface area contributed by atoms with Crippen molar-refractivity contribution in [3.8, 4) is 16.9 Å². The van der Waals surface area contributed by atoms with E-state index in [0.29, 0.717) is 5.92 Å². The number of halogens is 2. The molecule has 1 nitrogen and oxygen atoms in total. The lowest BCUT2D eigenvalue weighted by Crippen LogP contribution is -2.11. The van der Waals surface area contributed by atoms with E-state index in [9.17, 15) is 0 Å². The Morgan fingerprint density at radius 1 is 1.00 bits per heavy atom. The third kappa shape index (κ3) is 5.36. The van der Waals surface area contributed by atoms with Gasteiger partial charge in [-0.2, -0.15) is 0 Å². The van der Waals surface area contributed by atoms with Gasteiger partial charge < -0.3 is 4.74 Å². The zero-order valence-electron chi connectivity index (χ0n) is 13.8. The molecule has 0 aliphatic rings. The van der Waals surface area contributed by atoms with Crippen LogP contribution in [-0.4, -0.2) is 6.61 Å². The van der Waals surface area contributed by atoms with Crippen molar-refractivity contribution in [3.63, 3.8) is 0 Å². The Kier molecular flexibility index (Phi) is 7.64. The summed E-state index contributed by atoms with van der Waals surface area (Å²) in [4.78, 5) is 0. The molecule has 0 fully saturated rings. The van der Waals surface area contributed by atoms with Crippen molar-refractivity contribution in [1.29, 1.82) is 0 Å². The van der Waals surface area contributed by atoms with Crippen LogP contribution in [0.25, 0.3) is 11.1 Å². The van der Waals surface area contributed by atoms with Crippen LogP contribution in [0.1, 0.15) is 39.5 Å². The first kappa shape index (κ1) is 18.5. The summed E-state index contributed by atoms with van der Waals surface area (Å²) in [5.41, 5.74) is 2.36. The second-order valence-corrected chi connectivity index (χ2v) is 7.56. The zero-order chi connectivity index (χ0) is 16.7. The predicted molar refractivity (Wildman–Crippen MR) is 106 cm³/mol. The van der Waals surface area contributed by atoms with E-state index in [1.165, 1.54) is 36.8 Å². The number of unbranched alkanes of at least 4 members (excludes halogenated alkanes) is 1. The highest BCUT2D eigenvalue weighted by molar-refractivity contribution is 9.11. The van der Waals surface area contributed by atoms with Crippen LogP contribution in [0.4, 0.5) is 0 Å². The van der Waals surface area contributed by atoms with Gasteiger partial charge in [0.25, 0.3) is 0 Å². The van der Waals surface area contributed by atoms with Crippen LogP contribution in [0.15, 0.2) is 51.4 Å². The minimum atomic E-state index is 0.634. The van der Waals surface area contributed by atoms with Crippen LogP contribution in [0.3, 0.4) is 0 Å². The van der Waals surface area contributed by atoms with Gasteiger partial charge in [-0.25, -0.2) is 0 Å². The average molecular weight is 440 g/mol. The van der Waals surface area contributed by atoms with Crippen LogP contribution in [0.5, 0.6) is 5.75 Å². The van der Waals surface area contributed by atoms with Gasteiger partial charge in [0.15, 0.2) is 0 Å². The summed E-state index contributed by atoms with van der Waals surface area (Å²) >= 11 is 7.34. The van der Waals surface area contributed by atoms with Crippen LogP contribution >= 0.6 is 31.9 Å². The summed E-state index contributed by atoms with van der Waals surface area (Å²) < 4.78 is 8.15. The van der Waals surface area contributed by atoms with Crippen molar-refractivity contribution in [3.05, 3.63) is 51.4 Å². The van der Waals surface area contributed by atoms with Crippen molar-refractivity contribution >= 4 is 31.9 Å². The normalized spacial score (nSPS) is 12.2. The smallest absolute Gasteiger partial charge is 0.134 e. The van der Waals surface area contributed by atoms with Gasteiger partial charge in [0.2, 0.25) is 0 Å². The highest BCUT2D eigenvalue weighted by Crippen LogP contribution is 2.37. The van der Waals surface area contributed by atoms with E-state index in [1.54, 1.807) is 0 Å². The first-order chi connectivity index (χ1) is 11.2. The molecule has 0 spiro atoms. The number of rotatable bonds is 8. The second kappa shape index (κ2) is 9.48. The van der Waals surface area contributed by atoms with E-state index in [1.807, 2.05) is 6.07 Å². The monoisotopic (exact) mass is 438 g/mol. The number of benzene rings is 2. The largest absolute Gasteiger partial charge is 0.492 e. The maximum absolute atomic E-state index is 6.08. The third-order valence-electron chi connectivity index (χ3n) is 4.12. The average Bonchev–Trinajstić information content (AvgIpc) is 2.58. The van der Waals surface area contributed by atoms with Gasteiger partial charge in [0, 0.05) is 4.47 Å². The molecule has 0 amide bonds. The maximum Gasteiger partial charge on any atom is 0.134 e. The molecule has 23 heavy (non-hydrogen) atoms. The Morgan fingerprint density at radius 2 is 1.74 bits per heavy atom. The van der Waals surface area contributed by atoms with Crippen molar-refractivity contribution in [2.75, 3.05) is 6.61 Å². The van der Waals surface area contributed by atoms with Gasteiger partial charge in [0.05, 0.1) is 11.1 Å². The first-order valence-corrected chi connectivity index (χ1v) is 9.91. The zero-order valence-corrected chi connectivity index (χ0v) is 17.0. The van der Waals surface area contributed by atoms with Gasteiger partial charge in [-0.05, 0) is 51.5 Å². The van der Waals surface area contributed by atoms with Crippen molar-refractivity contribution in [2.45, 2.75) is 39.5 Å². The van der Waals surface area contributed by atoms with Gasteiger partial charge in [-0.3, -0.25) is 0 Å². The van der Waals surface area contributed by atoms with Gasteiger partial charge >= 0.3 is 0 Å². The van der Waals surface area contributed by atoms with Crippen LogP contribution in [0.2, 0.25) is 0 Å². The third-order valence-corrected chi connectivity index (χ3v) is 5.40. The molecule has 0 aliphatic heterocycles. The van der Waals surface area contributed by atoms with Crippen LogP contribution in [-0.2, 0) is 0 Å². The quantitative estimate of drug-likeness (QED) is 0.414. The van der Waals surface area contributed by atoms with E-state index in [0.717, 1.165) is 21.3 Å². The number of hydrogen-bond donors (Lipinski definition) is 0. The molecule has 1 unspecified atom stereocenters. The highest BCUT2D eigenvalue weighted by Gasteiger charge is 2.12. The lowest BCUT2D eigenvalue weighted by Gasteiger charge is -2.17. The molecule has 2 aromatic rings. The lowest BCUT2D eigenvalue weighted by atomic mass is 10.0. The summed E-state index contributed by atoms with van der Waals surface area (Å²) in [6.07, 6.45) is 4.94. The molecule has 0 heterocycles. The molecule has 1 atom stereocenters. The standard InChI is InChI=1S/C20H24Br2O/c1-3-5-9-15(4-2)14-23-20-13-18(21)17(12-19(20)22)16-10-7-6-8-11-16/h6-8,10-13,15H,3-5,9,14H2,1-2H3. The molecule has 0 saturated heterocycles. The molecular weight excluding hydrogens is 416 g/mol. The van der Waals surface area contributed by atoms with Gasteiger partial charge in [-0.1, -0.05) is 79.4 Å². The molecule has 3 heteroatoms. The Balaban J connectivity index is 2.11. The van der Waals surface area contributed by atoms with E-state index >= 15 is 0 Å². The molecule has 124 valence electrons. The summed E-state index contributed by atoms with van der Waals surface area (Å²) in [5.74, 6) is 1.54. The van der Waals surface area contributed by atoms with Crippen LogP contribution in [0, 0.1) is 5.92 Å². The number of hydrogen-bond acceptors (Lipinski definition) is 1. The van der Waals surface area contributed by atoms with E-state index in [4.69, 9.17) is 4.74 Å². The fourth-order valence-corrected chi connectivity index (χ4v) is 3.59. The molecule has 0 bridgehead atoms. The Morgan fingerprint density at radius 3 is 2.39 bits per heavy atom. The fourth-order valence-electron chi connectivity index (χ4n) is 2.58. The molecule has 0 N–H and O–H groups in total. The molecular formula is C20H24Br2O. The Labute approximate surface area is 156 Å². The predicted octanol–water partition coefficient (Wildman–Crippen LogP) is 7.47. The number of ether oxygens (including phenoxy) is 1. The molecule has 2 aromatic carbocycles. The van der Waals surface area contributed by atoms with Crippen molar-refractivity contribution in [1.82, 2.24) is 0 Å². The Hall–Kier alpha value is -0.800. The minimum absolute atomic E-state index is 0.634.